The second-order valence-corrected chi connectivity index (χ2v) is 7.81. The van der Waals surface area contributed by atoms with Crippen molar-refractivity contribution < 1.29 is 22.7 Å². The number of ether oxygens (including phenoxy) is 1. The van der Waals surface area contributed by atoms with E-state index in [1.165, 1.54) is 14.0 Å². The van der Waals surface area contributed by atoms with Crippen LogP contribution in [0.3, 0.4) is 0 Å². The average molecular weight is 305 g/mol. The van der Waals surface area contributed by atoms with E-state index in [0.29, 0.717) is 19.4 Å². The Kier molecular flexibility index (Phi) is 5.56. The van der Waals surface area contributed by atoms with Crippen molar-refractivity contribution >= 4 is 21.7 Å². The van der Waals surface area contributed by atoms with Crippen LogP contribution in [0.4, 0.5) is 0 Å². The topological polar surface area (TPSA) is 89.5 Å². The monoisotopic (exact) mass is 305 g/mol. The molecule has 0 aromatic heterocycles. The number of hydrogen-bond donors (Lipinski definition) is 1. The molecule has 0 aromatic rings. The summed E-state index contributed by atoms with van der Waals surface area (Å²) in [6.45, 7) is 3.76. The van der Waals surface area contributed by atoms with Crippen molar-refractivity contribution in [3.05, 3.63) is 0 Å². The van der Waals surface area contributed by atoms with Gasteiger partial charge in [0.1, 0.15) is 5.25 Å². The van der Waals surface area contributed by atoms with Gasteiger partial charge in [-0.15, -0.1) is 0 Å². The minimum Gasteiger partial charge on any atom is -0.469 e. The SMILES string of the molecule is CCCNC(=O)C(C)S(=O)(=O)CC1(CC(=O)OC)CC1. The van der Waals surface area contributed by atoms with Crippen molar-refractivity contribution in [2.45, 2.75) is 44.8 Å². The van der Waals surface area contributed by atoms with E-state index >= 15 is 0 Å². The molecule has 7 heteroatoms. The second-order valence-electron chi connectivity index (χ2n) is 5.49. The molecule has 0 heterocycles. The molecule has 0 aromatic carbocycles. The zero-order chi connectivity index (χ0) is 15.4. The molecule has 0 spiro atoms. The van der Waals surface area contributed by atoms with Crippen LogP contribution in [0.2, 0.25) is 0 Å². The van der Waals surface area contributed by atoms with Gasteiger partial charge in [-0.2, -0.15) is 0 Å². The Morgan fingerprint density at radius 1 is 1.35 bits per heavy atom. The Balaban J connectivity index is 2.65. The molecule has 0 radical (unpaired) electrons. The molecule has 1 aliphatic carbocycles. The Labute approximate surface area is 120 Å². The van der Waals surface area contributed by atoms with Crippen molar-refractivity contribution in [3.63, 3.8) is 0 Å². The predicted octanol–water partition coefficient (Wildman–Crippen LogP) is 0.659. The first kappa shape index (κ1) is 16.9. The molecule has 0 bridgehead atoms. The molecule has 0 aliphatic heterocycles. The number of carbonyl (C=O) groups is 2. The summed E-state index contributed by atoms with van der Waals surface area (Å²) in [5.74, 6) is -1.00. The lowest BCUT2D eigenvalue weighted by Crippen LogP contribution is -2.40. The molecular formula is C13H23NO5S. The van der Waals surface area contributed by atoms with Crippen LogP contribution >= 0.6 is 0 Å². The summed E-state index contributed by atoms with van der Waals surface area (Å²) < 4.78 is 29.1. The fourth-order valence-electron chi connectivity index (χ4n) is 2.03. The molecule has 1 unspecified atom stereocenters. The van der Waals surface area contributed by atoms with Gasteiger partial charge in [0.2, 0.25) is 5.91 Å². The van der Waals surface area contributed by atoms with Crippen LogP contribution in [-0.2, 0) is 24.2 Å². The number of amides is 1. The van der Waals surface area contributed by atoms with E-state index < -0.39 is 32.4 Å². The van der Waals surface area contributed by atoms with Crippen LogP contribution in [0.1, 0.15) is 39.5 Å². The van der Waals surface area contributed by atoms with E-state index in [1.807, 2.05) is 6.92 Å². The van der Waals surface area contributed by atoms with Crippen molar-refractivity contribution in [2.24, 2.45) is 5.41 Å². The van der Waals surface area contributed by atoms with Crippen LogP contribution in [0.5, 0.6) is 0 Å². The van der Waals surface area contributed by atoms with Crippen molar-refractivity contribution in [1.82, 2.24) is 5.32 Å². The minimum atomic E-state index is -3.56. The highest BCUT2D eigenvalue weighted by Gasteiger charge is 2.49. The molecule has 6 nitrogen and oxygen atoms in total. The molecule has 1 rings (SSSR count). The summed E-state index contributed by atoms with van der Waals surface area (Å²) in [5, 5.41) is 1.51. The number of esters is 1. The van der Waals surface area contributed by atoms with Crippen LogP contribution in [0, 0.1) is 5.41 Å². The first-order chi connectivity index (χ1) is 9.26. The molecule has 1 amide bonds. The fraction of sp³-hybridized carbons (Fsp3) is 0.846. The second kappa shape index (κ2) is 6.56. The first-order valence-electron chi connectivity index (χ1n) is 6.82. The Morgan fingerprint density at radius 3 is 2.40 bits per heavy atom. The number of methoxy groups -OCH3 is 1. The normalized spacial score (nSPS) is 18.1. The third-order valence-electron chi connectivity index (χ3n) is 3.67. The van der Waals surface area contributed by atoms with Crippen LogP contribution in [0.15, 0.2) is 0 Å². The van der Waals surface area contributed by atoms with Crippen LogP contribution < -0.4 is 5.32 Å². The van der Waals surface area contributed by atoms with E-state index in [2.05, 4.69) is 10.1 Å². The van der Waals surface area contributed by atoms with Gasteiger partial charge in [0.05, 0.1) is 19.3 Å². The van der Waals surface area contributed by atoms with Gasteiger partial charge in [-0.05, 0) is 31.6 Å². The largest absolute Gasteiger partial charge is 0.469 e. The van der Waals surface area contributed by atoms with Gasteiger partial charge < -0.3 is 10.1 Å². The Morgan fingerprint density at radius 2 is 1.95 bits per heavy atom. The van der Waals surface area contributed by atoms with Gasteiger partial charge in [-0.3, -0.25) is 9.59 Å². The third kappa shape index (κ3) is 4.47. The maximum atomic E-state index is 12.2. The summed E-state index contributed by atoms with van der Waals surface area (Å²) >= 11 is 0. The van der Waals surface area contributed by atoms with Crippen molar-refractivity contribution in [3.8, 4) is 0 Å². The molecule has 1 fully saturated rings. The van der Waals surface area contributed by atoms with Gasteiger partial charge in [-0.25, -0.2) is 8.42 Å². The molecule has 1 N–H and O–H groups in total. The standard InChI is InChI=1S/C13H23NO5S/c1-4-7-14-12(16)10(2)20(17,18)9-13(5-6-13)8-11(15)19-3/h10H,4-9H2,1-3H3,(H,14,16). The lowest BCUT2D eigenvalue weighted by Gasteiger charge is -2.18. The van der Waals surface area contributed by atoms with E-state index in [-0.39, 0.29) is 12.2 Å². The van der Waals surface area contributed by atoms with Crippen LogP contribution in [0.25, 0.3) is 0 Å². The predicted molar refractivity (Wildman–Crippen MR) is 74.8 cm³/mol. The van der Waals surface area contributed by atoms with Gasteiger partial charge in [0, 0.05) is 6.54 Å². The number of carbonyl (C=O) groups excluding carboxylic acids is 2. The number of nitrogens with one attached hydrogen (secondary N) is 1. The Hall–Kier alpha value is -1.11. The van der Waals surface area contributed by atoms with E-state index in [1.54, 1.807) is 0 Å². The highest BCUT2D eigenvalue weighted by molar-refractivity contribution is 7.92. The summed E-state index contributed by atoms with van der Waals surface area (Å²) in [4.78, 5) is 23.1. The lowest BCUT2D eigenvalue weighted by molar-refractivity contribution is -0.141. The van der Waals surface area contributed by atoms with E-state index in [9.17, 15) is 18.0 Å². The first-order valence-corrected chi connectivity index (χ1v) is 8.54. The highest BCUT2D eigenvalue weighted by atomic mass is 32.2. The summed E-state index contributed by atoms with van der Waals surface area (Å²) in [6, 6.07) is 0. The maximum absolute atomic E-state index is 12.2. The van der Waals surface area contributed by atoms with Gasteiger partial charge >= 0.3 is 5.97 Å². The maximum Gasteiger partial charge on any atom is 0.306 e. The number of sulfone groups is 1. The number of hydrogen-bond acceptors (Lipinski definition) is 5. The summed E-state index contributed by atoms with van der Waals surface area (Å²) in [7, 11) is -2.27. The van der Waals surface area contributed by atoms with Crippen LogP contribution in [-0.4, -0.2) is 45.0 Å². The number of rotatable bonds is 8. The van der Waals surface area contributed by atoms with Gasteiger partial charge in [0.15, 0.2) is 9.84 Å². The summed E-state index contributed by atoms with van der Waals surface area (Å²) in [6.07, 6.45) is 2.23. The molecule has 20 heavy (non-hydrogen) atoms. The molecule has 1 saturated carbocycles. The molecule has 1 atom stereocenters. The zero-order valence-corrected chi connectivity index (χ0v) is 13.1. The van der Waals surface area contributed by atoms with Gasteiger partial charge in [-0.1, -0.05) is 6.92 Å². The molecule has 1 aliphatic rings. The fourth-order valence-corrected chi connectivity index (χ4v) is 3.94. The minimum absolute atomic E-state index is 0.103. The lowest BCUT2D eigenvalue weighted by atomic mass is 10.1. The quantitative estimate of drug-likeness (QED) is 0.665. The van der Waals surface area contributed by atoms with Crippen molar-refractivity contribution in [1.29, 1.82) is 0 Å². The third-order valence-corrected chi connectivity index (χ3v) is 5.97. The zero-order valence-electron chi connectivity index (χ0n) is 12.3. The smallest absolute Gasteiger partial charge is 0.306 e. The van der Waals surface area contributed by atoms with E-state index in [4.69, 9.17) is 0 Å². The van der Waals surface area contributed by atoms with E-state index in [0.717, 1.165) is 6.42 Å². The molecular weight excluding hydrogens is 282 g/mol. The summed E-state index contributed by atoms with van der Waals surface area (Å²) in [5.41, 5.74) is -0.523. The molecule has 116 valence electrons. The van der Waals surface area contributed by atoms with Gasteiger partial charge in [0.25, 0.3) is 0 Å². The Bertz CT molecular complexity index is 467. The highest BCUT2D eigenvalue weighted by Crippen LogP contribution is 2.50. The average Bonchev–Trinajstić information content (AvgIpc) is 3.13. The van der Waals surface area contributed by atoms with Crippen molar-refractivity contribution in [2.75, 3.05) is 19.4 Å². The molecule has 0 saturated heterocycles.